The van der Waals surface area contributed by atoms with Crippen LogP contribution in [0.15, 0.2) is 33.2 Å². The Bertz CT molecular complexity index is 624. The number of hydrogen-bond acceptors (Lipinski definition) is 3. The molecule has 2 rings (SSSR count). The molecular formula is C13H11BrClNO3. The van der Waals surface area contributed by atoms with Crippen LogP contribution >= 0.6 is 27.5 Å². The maximum atomic E-state index is 10.8. The summed E-state index contributed by atoms with van der Waals surface area (Å²) in [5.74, 6) is -0.520. The maximum absolute atomic E-state index is 10.8. The number of anilines is 1. The van der Waals surface area contributed by atoms with Gasteiger partial charge >= 0.3 is 5.97 Å². The van der Waals surface area contributed by atoms with Crippen LogP contribution < -0.4 is 5.32 Å². The fraction of sp³-hybridized carbons (Fsp3) is 0.154. The lowest BCUT2D eigenvalue weighted by Crippen LogP contribution is -1.99. The van der Waals surface area contributed by atoms with E-state index >= 15 is 0 Å². The van der Waals surface area contributed by atoms with E-state index in [-0.39, 0.29) is 5.76 Å². The van der Waals surface area contributed by atoms with Gasteiger partial charge in [0.1, 0.15) is 5.76 Å². The molecule has 2 N–H and O–H groups in total. The smallest absolute Gasteiger partial charge is 0.371 e. The van der Waals surface area contributed by atoms with Crippen molar-refractivity contribution in [3.05, 3.63) is 50.8 Å². The fourth-order valence-corrected chi connectivity index (χ4v) is 2.10. The molecule has 0 radical (unpaired) electrons. The van der Waals surface area contributed by atoms with Crippen LogP contribution in [0.1, 0.15) is 21.9 Å². The highest BCUT2D eigenvalue weighted by Gasteiger charge is 2.12. The molecule has 0 aliphatic rings. The normalized spacial score (nSPS) is 10.5. The summed E-state index contributed by atoms with van der Waals surface area (Å²) in [7, 11) is 0. The summed E-state index contributed by atoms with van der Waals surface area (Å²) in [6, 6.07) is 7.00. The van der Waals surface area contributed by atoms with Crippen molar-refractivity contribution in [2.24, 2.45) is 0 Å². The third-order valence-corrected chi connectivity index (χ3v) is 3.85. The Labute approximate surface area is 123 Å². The van der Waals surface area contributed by atoms with Crippen molar-refractivity contribution in [3.8, 4) is 0 Å². The predicted octanol–water partition coefficient (Wildman–Crippen LogP) is 4.31. The molecule has 0 amide bonds. The average molecular weight is 345 g/mol. The molecule has 1 aromatic heterocycles. The van der Waals surface area contributed by atoms with Crippen LogP contribution in [0.2, 0.25) is 5.02 Å². The quantitative estimate of drug-likeness (QED) is 0.867. The van der Waals surface area contributed by atoms with E-state index in [2.05, 4.69) is 21.2 Å². The minimum Gasteiger partial charge on any atom is -0.475 e. The van der Waals surface area contributed by atoms with Gasteiger partial charge in [0.25, 0.3) is 0 Å². The first-order valence-electron chi connectivity index (χ1n) is 5.49. The average Bonchev–Trinajstić information content (AvgIpc) is 2.73. The van der Waals surface area contributed by atoms with Gasteiger partial charge in [-0.3, -0.25) is 0 Å². The molecule has 0 bridgehead atoms. The zero-order chi connectivity index (χ0) is 14.0. The summed E-state index contributed by atoms with van der Waals surface area (Å²) in [5, 5.41) is 12.7. The first kappa shape index (κ1) is 14.0. The molecule has 2 aromatic rings. The number of nitrogens with one attached hydrogen (secondary N) is 1. The molecule has 0 saturated heterocycles. The molecular weight excluding hydrogens is 334 g/mol. The van der Waals surface area contributed by atoms with Crippen molar-refractivity contribution in [1.82, 2.24) is 0 Å². The van der Waals surface area contributed by atoms with E-state index in [0.717, 1.165) is 15.7 Å². The highest BCUT2D eigenvalue weighted by molar-refractivity contribution is 9.10. The van der Waals surface area contributed by atoms with Crippen molar-refractivity contribution in [2.75, 3.05) is 5.32 Å². The number of hydrogen-bond donors (Lipinski definition) is 2. The number of carboxylic acid groups (broad SMARTS) is 1. The van der Waals surface area contributed by atoms with Crippen LogP contribution in [-0.4, -0.2) is 11.1 Å². The Morgan fingerprint density at radius 1 is 1.47 bits per heavy atom. The van der Waals surface area contributed by atoms with Crippen molar-refractivity contribution in [3.63, 3.8) is 0 Å². The van der Waals surface area contributed by atoms with Gasteiger partial charge in [-0.05, 0) is 47.1 Å². The number of carbonyl (C=O) groups is 1. The fourth-order valence-electron chi connectivity index (χ4n) is 1.60. The third kappa shape index (κ3) is 3.30. The number of carboxylic acids is 1. The lowest BCUT2D eigenvalue weighted by atomic mass is 10.2. The van der Waals surface area contributed by atoms with Crippen molar-refractivity contribution < 1.29 is 14.3 Å². The summed E-state index contributed by atoms with van der Waals surface area (Å²) in [6.07, 6.45) is 0. The number of rotatable bonds is 4. The summed E-state index contributed by atoms with van der Waals surface area (Å²) in [5.41, 5.74) is 1.69. The Balaban J connectivity index is 2.09. The van der Waals surface area contributed by atoms with E-state index in [9.17, 15) is 4.79 Å². The summed E-state index contributed by atoms with van der Waals surface area (Å²) in [4.78, 5) is 10.8. The Kier molecular flexibility index (Phi) is 4.17. The van der Waals surface area contributed by atoms with Gasteiger partial charge in [-0.15, -0.1) is 0 Å². The van der Waals surface area contributed by atoms with E-state index in [1.54, 1.807) is 13.0 Å². The first-order chi connectivity index (χ1) is 8.97. The second kappa shape index (κ2) is 5.67. The van der Waals surface area contributed by atoms with Crippen molar-refractivity contribution in [2.45, 2.75) is 13.5 Å². The molecule has 0 aliphatic heterocycles. The summed E-state index contributed by atoms with van der Waals surface area (Å²) >= 11 is 9.25. The molecule has 19 heavy (non-hydrogen) atoms. The van der Waals surface area contributed by atoms with Crippen molar-refractivity contribution in [1.29, 1.82) is 0 Å². The van der Waals surface area contributed by atoms with E-state index in [1.807, 2.05) is 12.1 Å². The van der Waals surface area contributed by atoms with Gasteiger partial charge in [-0.25, -0.2) is 4.79 Å². The zero-order valence-electron chi connectivity index (χ0n) is 10.0. The van der Waals surface area contributed by atoms with E-state index in [1.165, 1.54) is 6.07 Å². The molecule has 0 aliphatic carbocycles. The van der Waals surface area contributed by atoms with E-state index in [0.29, 0.717) is 17.3 Å². The number of furan rings is 1. The van der Waals surface area contributed by atoms with Gasteiger partial charge in [0.15, 0.2) is 0 Å². The Morgan fingerprint density at radius 2 is 2.21 bits per heavy atom. The molecule has 1 aromatic carbocycles. The number of halogens is 2. The topological polar surface area (TPSA) is 62.5 Å². The van der Waals surface area contributed by atoms with Crippen LogP contribution in [0, 0.1) is 6.92 Å². The monoisotopic (exact) mass is 343 g/mol. The maximum Gasteiger partial charge on any atom is 0.371 e. The molecule has 4 nitrogen and oxygen atoms in total. The van der Waals surface area contributed by atoms with Gasteiger partial charge in [0, 0.05) is 22.3 Å². The van der Waals surface area contributed by atoms with Crippen molar-refractivity contribution >= 4 is 39.2 Å². The van der Waals surface area contributed by atoms with Gasteiger partial charge in [-0.1, -0.05) is 11.6 Å². The lowest BCUT2D eigenvalue weighted by Gasteiger charge is -2.06. The molecule has 0 fully saturated rings. The highest BCUT2D eigenvalue weighted by atomic mass is 79.9. The molecule has 6 heteroatoms. The standard InChI is InChI=1S/C13H11BrClNO3/c1-7-8(4-12(19-7)13(17)18)6-16-9-2-3-11(15)10(14)5-9/h2-5,16H,6H2,1H3,(H,17,18). The zero-order valence-corrected chi connectivity index (χ0v) is 12.4. The van der Waals surface area contributed by atoms with E-state index < -0.39 is 5.97 Å². The SMILES string of the molecule is Cc1oc(C(=O)O)cc1CNc1ccc(Cl)c(Br)c1. The van der Waals surface area contributed by atoms with Crippen LogP contribution in [0.3, 0.4) is 0 Å². The summed E-state index contributed by atoms with van der Waals surface area (Å²) < 4.78 is 5.94. The molecule has 0 spiro atoms. The molecule has 1 heterocycles. The number of benzene rings is 1. The van der Waals surface area contributed by atoms with Gasteiger partial charge in [0.05, 0.1) is 5.02 Å². The first-order valence-corrected chi connectivity index (χ1v) is 6.66. The predicted molar refractivity (Wildman–Crippen MR) is 76.9 cm³/mol. The summed E-state index contributed by atoms with van der Waals surface area (Å²) in [6.45, 7) is 2.22. The Hall–Kier alpha value is -1.46. The molecule has 100 valence electrons. The number of aryl methyl sites for hydroxylation is 1. The van der Waals surface area contributed by atoms with Gasteiger partial charge in [0.2, 0.25) is 5.76 Å². The van der Waals surface area contributed by atoms with Crippen LogP contribution in [0.25, 0.3) is 0 Å². The van der Waals surface area contributed by atoms with Crippen LogP contribution in [-0.2, 0) is 6.54 Å². The minimum atomic E-state index is -1.07. The second-order valence-corrected chi connectivity index (χ2v) is 5.24. The minimum absolute atomic E-state index is 0.0495. The van der Waals surface area contributed by atoms with Crippen LogP contribution in [0.4, 0.5) is 5.69 Å². The van der Waals surface area contributed by atoms with E-state index in [4.69, 9.17) is 21.1 Å². The van der Waals surface area contributed by atoms with Gasteiger partial charge in [-0.2, -0.15) is 0 Å². The van der Waals surface area contributed by atoms with Crippen LogP contribution in [0.5, 0.6) is 0 Å². The molecule has 0 saturated carbocycles. The highest BCUT2D eigenvalue weighted by Crippen LogP contribution is 2.26. The lowest BCUT2D eigenvalue weighted by molar-refractivity contribution is 0.0661. The number of aromatic carboxylic acids is 1. The Morgan fingerprint density at radius 3 is 2.79 bits per heavy atom. The molecule has 0 unspecified atom stereocenters. The molecule has 0 atom stereocenters. The third-order valence-electron chi connectivity index (χ3n) is 2.63. The second-order valence-electron chi connectivity index (χ2n) is 3.98. The largest absolute Gasteiger partial charge is 0.475 e. The van der Waals surface area contributed by atoms with Gasteiger partial charge < -0.3 is 14.8 Å².